The van der Waals surface area contributed by atoms with Gasteiger partial charge in [0.15, 0.2) is 0 Å². The lowest BCUT2D eigenvalue weighted by atomic mass is 10.0. The summed E-state index contributed by atoms with van der Waals surface area (Å²) in [5.74, 6) is 0.334. The lowest BCUT2D eigenvalue weighted by Gasteiger charge is -2.27. The molecule has 0 unspecified atom stereocenters. The smallest absolute Gasteiger partial charge is 0.135 e. The van der Waals surface area contributed by atoms with Crippen molar-refractivity contribution >= 4 is 6.08 Å². The molecular formula is C11H10FO. The van der Waals surface area contributed by atoms with Crippen LogP contribution in [-0.2, 0) is 0 Å². The van der Waals surface area contributed by atoms with Crippen molar-refractivity contribution in [3.8, 4) is 5.75 Å². The van der Waals surface area contributed by atoms with Crippen molar-refractivity contribution in [2.24, 2.45) is 0 Å². The van der Waals surface area contributed by atoms with Crippen LogP contribution in [0.5, 0.6) is 5.75 Å². The van der Waals surface area contributed by atoms with E-state index in [4.69, 9.17) is 4.74 Å². The normalized spacial score (nSPS) is 17.8. The second-order valence-electron chi connectivity index (χ2n) is 3.64. The topological polar surface area (TPSA) is 9.23 Å². The fourth-order valence-electron chi connectivity index (χ4n) is 1.27. The van der Waals surface area contributed by atoms with Gasteiger partial charge in [-0.25, -0.2) is 4.39 Å². The third kappa shape index (κ3) is 1.57. The minimum absolute atomic E-state index is 0.285. The van der Waals surface area contributed by atoms with Gasteiger partial charge in [0.05, 0.1) is 0 Å². The first-order chi connectivity index (χ1) is 6.07. The van der Waals surface area contributed by atoms with Crippen LogP contribution in [0.2, 0.25) is 0 Å². The van der Waals surface area contributed by atoms with Crippen molar-refractivity contribution < 1.29 is 9.13 Å². The quantitative estimate of drug-likeness (QED) is 0.592. The summed E-state index contributed by atoms with van der Waals surface area (Å²) in [7, 11) is 0. The van der Waals surface area contributed by atoms with Gasteiger partial charge in [0.1, 0.15) is 17.2 Å². The van der Waals surface area contributed by atoms with Crippen LogP contribution in [0.1, 0.15) is 19.4 Å². The zero-order valence-corrected chi connectivity index (χ0v) is 7.60. The van der Waals surface area contributed by atoms with Crippen LogP contribution in [0.15, 0.2) is 18.2 Å². The van der Waals surface area contributed by atoms with E-state index in [1.165, 1.54) is 12.1 Å². The molecule has 0 aromatic heterocycles. The van der Waals surface area contributed by atoms with Crippen LogP contribution in [0.25, 0.3) is 6.08 Å². The van der Waals surface area contributed by atoms with Gasteiger partial charge in [-0.2, -0.15) is 0 Å². The van der Waals surface area contributed by atoms with E-state index >= 15 is 0 Å². The summed E-state index contributed by atoms with van der Waals surface area (Å²) in [6.45, 7) is 3.90. The number of hydrogen-bond acceptors (Lipinski definition) is 1. The van der Waals surface area contributed by atoms with Crippen LogP contribution >= 0.6 is 0 Å². The fraction of sp³-hybridized carbons (Fsp3) is 0.273. The molecule has 1 aromatic carbocycles. The fourth-order valence-corrected chi connectivity index (χ4v) is 1.27. The predicted molar refractivity (Wildman–Crippen MR) is 49.0 cm³/mol. The van der Waals surface area contributed by atoms with Crippen molar-refractivity contribution in [1.29, 1.82) is 0 Å². The highest BCUT2D eigenvalue weighted by Gasteiger charge is 2.21. The van der Waals surface area contributed by atoms with Crippen LogP contribution < -0.4 is 4.74 Å². The summed E-state index contributed by atoms with van der Waals surface area (Å²) in [5.41, 5.74) is 0.431. The first kappa shape index (κ1) is 8.30. The molecule has 1 aromatic rings. The molecule has 2 rings (SSSR count). The molecule has 1 aliphatic heterocycles. The van der Waals surface area contributed by atoms with Gasteiger partial charge in [-0.1, -0.05) is 6.08 Å². The first-order valence-corrected chi connectivity index (χ1v) is 4.16. The Bertz CT molecular complexity index is 366. The molecule has 0 spiro atoms. The summed E-state index contributed by atoms with van der Waals surface area (Å²) < 4.78 is 18.3. The number of ether oxygens (including phenoxy) is 1. The van der Waals surface area contributed by atoms with Gasteiger partial charge in [-0.05, 0) is 32.1 Å². The standard InChI is InChI=1S/C11H10FO/c1-11(2)6-5-8-7-9(12)3-4-10(8)13-11/h3,5-7H,1-2H3. The second-order valence-corrected chi connectivity index (χ2v) is 3.64. The Morgan fingerprint density at radius 2 is 2.23 bits per heavy atom. The third-order valence-corrected chi connectivity index (χ3v) is 1.93. The average molecular weight is 177 g/mol. The number of halogens is 1. The maximum Gasteiger partial charge on any atom is 0.135 e. The molecule has 0 atom stereocenters. The molecule has 67 valence electrons. The van der Waals surface area contributed by atoms with E-state index < -0.39 is 0 Å². The zero-order valence-electron chi connectivity index (χ0n) is 7.60. The van der Waals surface area contributed by atoms with E-state index in [9.17, 15) is 4.39 Å². The van der Waals surface area contributed by atoms with Gasteiger partial charge in [-0.3, -0.25) is 0 Å². The van der Waals surface area contributed by atoms with E-state index in [1.54, 1.807) is 0 Å². The Labute approximate surface area is 76.8 Å². The van der Waals surface area contributed by atoms with Gasteiger partial charge in [-0.15, -0.1) is 0 Å². The van der Waals surface area contributed by atoms with Gasteiger partial charge in [0, 0.05) is 11.6 Å². The molecule has 0 amide bonds. The van der Waals surface area contributed by atoms with Gasteiger partial charge < -0.3 is 4.74 Å². The number of hydrogen-bond donors (Lipinski definition) is 0. The van der Waals surface area contributed by atoms with Crippen molar-refractivity contribution in [2.75, 3.05) is 0 Å². The van der Waals surface area contributed by atoms with Crippen LogP contribution in [0.4, 0.5) is 4.39 Å². The first-order valence-electron chi connectivity index (χ1n) is 4.16. The Balaban J connectivity index is 2.47. The third-order valence-electron chi connectivity index (χ3n) is 1.93. The lowest BCUT2D eigenvalue weighted by Crippen LogP contribution is -2.27. The highest BCUT2D eigenvalue weighted by Crippen LogP contribution is 2.30. The van der Waals surface area contributed by atoms with Gasteiger partial charge in [0.2, 0.25) is 0 Å². The molecule has 0 fully saturated rings. The molecule has 2 heteroatoms. The summed E-state index contributed by atoms with van der Waals surface area (Å²) >= 11 is 0. The molecule has 1 aliphatic rings. The molecule has 1 radical (unpaired) electrons. The molecule has 1 heterocycles. The predicted octanol–water partition coefficient (Wildman–Crippen LogP) is 2.81. The van der Waals surface area contributed by atoms with Crippen molar-refractivity contribution in [2.45, 2.75) is 19.4 Å². The molecule has 0 saturated heterocycles. The maximum atomic E-state index is 12.8. The van der Waals surface area contributed by atoms with E-state index in [0.29, 0.717) is 5.75 Å². The summed E-state index contributed by atoms with van der Waals surface area (Å²) in [6.07, 6.45) is 3.76. The average Bonchev–Trinajstić information content (AvgIpc) is 2.05. The minimum atomic E-state index is -0.318. The van der Waals surface area contributed by atoms with Gasteiger partial charge in [0.25, 0.3) is 0 Å². The molecule has 0 N–H and O–H groups in total. The number of benzene rings is 1. The van der Waals surface area contributed by atoms with Crippen molar-refractivity contribution in [3.05, 3.63) is 35.7 Å². The van der Waals surface area contributed by atoms with E-state index in [-0.39, 0.29) is 11.4 Å². The van der Waals surface area contributed by atoms with Crippen molar-refractivity contribution in [1.82, 2.24) is 0 Å². The van der Waals surface area contributed by atoms with Gasteiger partial charge >= 0.3 is 0 Å². The summed E-state index contributed by atoms with van der Waals surface area (Å²) in [4.78, 5) is 0. The largest absolute Gasteiger partial charge is 0.482 e. The van der Waals surface area contributed by atoms with E-state index in [1.807, 2.05) is 26.0 Å². The maximum absolute atomic E-state index is 12.8. The molecule has 1 nitrogen and oxygen atoms in total. The molecule has 0 bridgehead atoms. The highest BCUT2D eigenvalue weighted by molar-refractivity contribution is 5.60. The second kappa shape index (κ2) is 2.59. The monoisotopic (exact) mass is 177 g/mol. The Hall–Kier alpha value is -1.31. The Morgan fingerprint density at radius 1 is 1.46 bits per heavy atom. The van der Waals surface area contributed by atoms with E-state index in [2.05, 4.69) is 6.07 Å². The van der Waals surface area contributed by atoms with Crippen LogP contribution in [0, 0.1) is 11.9 Å². The Morgan fingerprint density at radius 3 is 3.00 bits per heavy atom. The van der Waals surface area contributed by atoms with Crippen molar-refractivity contribution in [3.63, 3.8) is 0 Å². The van der Waals surface area contributed by atoms with Crippen LogP contribution in [-0.4, -0.2) is 5.60 Å². The SMILES string of the molecule is CC1(C)C=Cc2cc(F)c[c]c2O1. The van der Waals surface area contributed by atoms with E-state index in [0.717, 1.165) is 5.56 Å². The zero-order chi connectivity index (χ0) is 9.47. The number of rotatable bonds is 0. The molecule has 13 heavy (non-hydrogen) atoms. The van der Waals surface area contributed by atoms with Crippen LogP contribution in [0.3, 0.4) is 0 Å². The number of fused-ring (bicyclic) bond motifs is 1. The lowest BCUT2D eigenvalue weighted by molar-refractivity contribution is 0.158. The Kier molecular flexibility index (Phi) is 1.65. The molecular weight excluding hydrogens is 167 g/mol. The minimum Gasteiger partial charge on any atom is -0.482 e. The highest BCUT2D eigenvalue weighted by atomic mass is 19.1. The molecule has 0 saturated carbocycles. The summed E-state index contributed by atoms with van der Waals surface area (Å²) in [5, 5.41) is 0. The molecule has 0 aliphatic carbocycles. The summed E-state index contributed by atoms with van der Waals surface area (Å²) in [6, 6.07) is 5.49.